The number of benzene rings is 1. The number of aromatic nitrogens is 1. The van der Waals surface area contributed by atoms with Crippen LogP contribution in [-0.2, 0) is 14.8 Å². The lowest BCUT2D eigenvalue weighted by molar-refractivity contribution is -0.120. The molecular weight excluding hydrogens is 398 g/mol. The Hall–Kier alpha value is -1.97. The first-order valence-electron chi connectivity index (χ1n) is 9.31. The molecule has 2 aromatic rings. The molecule has 1 aromatic carbocycles. The maximum atomic E-state index is 12.5. The third kappa shape index (κ3) is 5.30. The highest BCUT2D eigenvalue weighted by molar-refractivity contribution is 7.88. The van der Waals surface area contributed by atoms with Crippen molar-refractivity contribution in [3.8, 4) is 17.0 Å². The lowest BCUT2D eigenvalue weighted by atomic mass is 9.99. The molecule has 1 aliphatic heterocycles. The number of anilines is 1. The van der Waals surface area contributed by atoms with E-state index < -0.39 is 10.0 Å². The summed E-state index contributed by atoms with van der Waals surface area (Å²) in [6.07, 6.45) is 3.49. The van der Waals surface area contributed by atoms with E-state index in [1.165, 1.54) is 21.9 Å². The van der Waals surface area contributed by atoms with E-state index in [1.54, 1.807) is 0 Å². The Labute approximate surface area is 169 Å². The number of thiazole rings is 1. The van der Waals surface area contributed by atoms with Crippen LogP contribution in [0.4, 0.5) is 5.13 Å². The van der Waals surface area contributed by atoms with Gasteiger partial charge in [0.25, 0.3) is 0 Å². The summed E-state index contributed by atoms with van der Waals surface area (Å²) in [6.45, 7) is 3.44. The maximum absolute atomic E-state index is 12.5. The topological polar surface area (TPSA) is 88.6 Å². The molecule has 1 fully saturated rings. The molecule has 0 unspecified atom stereocenters. The fourth-order valence-electron chi connectivity index (χ4n) is 3.07. The molecule has 0 saturated carbocycles. The van der Waals surface area contributed by atoms with Crippen molar-refractivity contribution >= 4 is 32.4 Å². The molecule has 0 aliphatic carbocycles. The summed E-state index contributed by atoms with van der Waals surface area (Å²) in [5.41, 5.74) is 1.73. The van der Waals surface area contributed by atoms with Gasteiger partial charge >= 0.3 is 0 Å². The van der Waals surface area contributed by atoms with Crippen LogP contribution < -0.4 is 10.1 Å². The molecule has 1 saturated heterocycles. The zero-order valence-corrected chi connectivity index (χ0v) is 17.7. The molecule has 0 spiro atoms. The SMILES string of the molecule is CCCOc1ccc(-c2csc(NC(=O)[C@H]3CCCN(S(C)(=O)=O)C3)n2)cc1. The van der Waals surface area contributed by atoms with Crippen LogP contribution in [0.1, 0.15) is 26.2 Å². The fraction of sp³-hybridized carbons (Fsp3) is 0.474. The van der Waals surface area contributed by atoms with Gasteiger partial charge in [0.15, 0.2) is 5.13 Å². The normalized spacial score (nSPS) is 18.0. The second-order valence-corrected chi connectivity index (χ2v) is 9.70. The number of hydrogen-bond acceptors (Lipinski definition) is 6. The van der Waals surface area contributed by atoms with Crippen molar-refractivity contribution in [3.63, 3.8) is 0 Å². The molecule has 1 aromatic heterocycles. The van der Waals surface area contributed by atoms with Crippen LogP contribution in [0, 0.1) is 5.92 Å². The largest absolute Gasteiger partial charge is 0.494 e. The number of ether oxygens (including phenoxy) is 1. The first-order valence-corrected chi connectivity index (χ1v) is 12.0. The van der Waals surface area contributed by atoms with Crippen molar-refractivity contribution in [2.75, 3.05) is 31.3 Å². The van der Waals surface area contributed by atoms with E-state index in [9.17, 15) is 13.2 Å². The smallest absolute Gasteiger partial charge is 0.230 e. The van der Waals surface area contributed by atoms with Crippen molar-refractivity contribution in [3.05, 3.63) is 29.6 Å². The molecule has 3 rings (SSSR count). The summed E-state index contributed by atoms with van der Waals surface area (Å²) < 4.78 is 30.4. The van der Waals surface area contributed by atoms with Crippen molar-refractivity contribution in [2.24, 2.45) is 5.92 Å². The number of nitrogens with one attached hydrogen (secondary N) is 1. The van der Waals surface area contributed by atoms with Gasteiger partial charge in [0.2, 0.25) is 15.9 Å². The number of nitrogens with zero attached hydrogens (tertiary/aromatic N) is 2. The van der Waals surface area contributed by atoms with Crippen molar-refractivity contribution in [2.45, 2.75) is 26.2 Å². The van der Waals surface area contributed by atoms with Crippen LogP contribution in [0.15, 0.2) is 29.6 Å². The molecule has 1 N–H and O–H groups in total. The Morgan fingerprint density at radius 3 is 2.79 bits per heavy atom. The number of sulfonamides is 1. The average Bonchev–Trinajstić information content (AvgIpc) is 3.14. The van der Waals surface area contributed by atoms with E-state index in [0.29, 0.717) is 31.1 Å². The highest BCUT2D eigenvalue weighted by atomic mass is 32.2. The van der Waals surface area contributed by atoms with Crippen molar-refractivity contribution < 1.29 is 17.9 Å². The predicted octanol–water partition coefficient (Wildman–Crippen LogP) is 3.21. The molecule has 9 heteroatoms. The van der Waals surface area contributed by atoms with Crippen molar-refractivity contribution in [1.82, 2.24) is 9.29 Å². The minimum atomic E-state index is -3.28. The number of rotatable bonds is 7. The number of carbonyl (C=O) groups excluding carboxylic acids is 1. The molecule has 1 aliphatic rings. The minimum Gasteiger partial charge on any atom is -0.494 e. The van der Waals surface area contributed by atoms with Gasteiger partial charge in [-0.2, -0.15) is 0 Å². The summed E-state index contributed by atoms with van der Waals surface area (Å²) in [4.78, 5) is 17.0. The van der Waals surface area contributed by atoms with Gasteiger partial charge in [-0.3, -0.25) is 4.79 Å². The summed E-state index contributed by atoms with van der Waals surface area (Å²) in [6, 6.07) is 7.70. The van der Waals surface area contributed by atoms with Crippen LogP contribution in [-0.4, -0.2) is 49.6 Å². The van der Waals surface area contributed by atoms with Gasteiger partial charge in [-0.15, -0.1) is 11.3 Å². The first kappa shape index (κ1) is 20.8. The first-order chi connectivity index (χ1) is 13.4. The van der Waals surface area contributed by atoms with Gasteiger partial charge in [-0.05, 0) is 43.5 Å². The molecule has 1 amide bonds. The van der Waals surface area contributed by atoms with Gasteiger partial charge in [0.05, 0.1) is 24.5 Å². The van der Waals surface area contributed by atoms with Gasteiger partial charge in [-0.25, -0.2) is 17.7 Å². The molecule has 2 heterocycles. The van der Waals surface area contributed by atoms with Crippen LogP contribution in [0.25, 0.3) is 11.3 Å². The Kier molecular flexibility index (Phi) is 6.69. The van der Waals surface area contributed by atoms with Gasteiger partial charge in [0, 0.05) is 24.0 Å². The average molecular weight is 424 g/mol. The summed E-state index contributed by atoms with van der Waals surface area (Å²) in [5, 5.41) is 5.24. The monoisotopic (exact) mass is 423 g/mol. The van der Waals surface area contributed by atoms with Crippen molar-refractivity contribution in [1.29, 1.82) is 0 Å². The van der Waals surface area contributed by atoms with Gasteiger partial charge in [0.1, 0.15) is 5.75 Å². The zero-order valence-electron chi connectivity index (χ0n) is 16.1. The molecule has 28 heavy (non-hydrogen) atoms. The quantitative estimate of drug-likeness (QED) is 0.739. The van der Waals surface area contributed by atoms with E-state index in [0.717, 1.165) is 23.4 Å². The summed E-state index contributed by atoms with van der Waals surface area (Å²) in [7, 11) is -3.28. The number of amides is 1. The third-order valence-electron chi connectivity index (χ3n) is 4.58. The number of hydrogen-bond donors (Lipinski definition) is 1. The molecule has 0 radical (unpaired) electrons. The van der Waals surface area contributed by atoms with E-state index >= 15 is 0 Å². The van der Waals surface area contributed by atoms with Gasteiger partial charge < -0.3 is 10.1 Å². The van der Waals surface area contributed by atoms with E-state index in [1.807, 2.05) is 29.6 Å². The highest BCUT2D eigenvalue weighted by Gasteiger charge is 2.30. The van der Waals surface area contributed by atoms with Crippen LogP contribution >= 0.6 is 11.3 Å². The van der Waals surface area contributed by atoms with Gasteiger partial charge in [-0.1, -0.05) is 6.92 Å². The maximum Gasteiger partial charge on any atom is 0.230 e. The third-order valence-corrected chi connectivity index (χ3v) is 6.61. The standard InChI is InChI=1S/C19H25N3O4S2/c1-3-11-26-16-8-6-14(7-9-16)17-13-27-19(20-17)21-18(23)15-5-4-10-22(12-15)28(2,24)25/h6-9,13,15H,3-5,10-12H2,1-2H3,(H,20,21,23)/t15-/m0/s1. The van der Waals surface area contributed by atoms with Crippen LogP contribution in [0.5, 0.6) is 5.75 Å². The molecule has 7 nitrogen and oxygen atoms in total. The van der Waals surface area contributed by atoms with Crippen LogP contribution in [0.3, 0.4) is 0 Å². The summed E-state index contributed by atoms with van der Waals surface area (Å²) >= 11 is 1.35. The molecule has 152 valence electrons. The zero-order chi connectivity index (χ0) is 20.1. The Morgan fingerprint density at radius 1 is 1.36 bits per heavy atom. The Morgan fingerprint density at radius 2 is 2.11 bits per heavy atom. The highest BCUT2D eigenvalue weighted by Crippen LogP contribution is 2.27. The fourth-order valence-corrected chi connectivity index (χ4v) is 4.70. The van der Waals surface area contributed by atoms with E-state index in [4.69, 9.17) is 4.74 Å². The number of piperidine rings is 1. The second-order valence-electron chi connectivity index (χ2n) is 6.86. The van der Waals surface area contributed by atoms with E-state index in [-0.39, 0.29) is 18.4 Å². The number of carbonyl (C=O) groups is 1. The predicted molar refractivity (Wildman–Crippen MR) is 111 cm³/mol. The molecule has 0 bridgehead atoms. The lowest BCUT2D eigenvalue weighted by Gasteiger charge is -2.29. The lowest BCUT2D eigenvalue weighted by Crippen LogP contribution is -2.43. The Bertz CT molecular complexity index is 910. The second kappa shape index (κ2) is 9.02. The minimum absolute atomic E-state index is 0.183. The summed E-state index contributed by atoms with van der Waals surface area (Å²) in [5.74, 6) is 0.283. The van der Waals surface area contributed by atoms with Crippen LogP contribution in [0.2, 0.25) is 0 Å². The van der Waals surface area contributed by atoms with E-state index in [2.05, 4.69) is 17.2 Å². The molecular formula is C19H25N3O4S2. The molecule has 1 atom stereocenters. The Balaban J connectivity index is 1.62.